The Labute approximate surface area is 212 Å². The van der Waals surface area contributed by atoms with E-state index in [-0.39, 0.29) is 23.7 Å². The molecule has 0 bridgehead atoms. The lowest BCUT2D eigenvalue weighted by molar-refractivity contribution is -0.137. The number of benzene rings is 1. The number of ether oxygens (including phenoxy) is 2. The lowest BCUT2D eigenvalue weighted by atomic mass is 9.60. The fourth-order valence-corrected chi connectivity index (χ4v) is 6.40. The second-order valence-electron chi connectivity index (χ2n) is 10.1. The van der Waals surface area contributed by atoms with Crippen LogP contribution in [0.25, 0.3) is 0 Å². The molecular weight excluding hydrogens is 464 g/mol. The quantitative estimate of drug-likeness (QED) is 0.310. The molecule has 0 heterocycles. The van der Waals surface area contributed by atoms with E-state index in [9.17, 15) is 19.8 Å². The van der Waals surface area contributed by atoms with Gasteiger partial charge in [0.05, 0.1) is 24.9 Å². The third-order valence-electron chi connectivity index (χ3n) is 7.00. The highest BCUT2D eigenvalue weighted by Gasteiger charge is 2.43. The van der Waals surface area contributed by atoms with Crippen molar-refractivity contribution in [2.24, 2.45) is 17.3 Å². The smallest absolute Gasteiger partial charge is 0.337 e. The molecule has 6 nitrogen and oxygen atoms in total. The zero-order valence-corrected chi connectivity index (χ0v) is 22.0. The van der Waals surface area contributed by atoms with E-state index in [2.05, 4.69) is 13.8 Å². The maximum absolute atomic E-state index is 11.7. The average molecular weight is 503 g/mol. The fourth-order valence-electron chi connectivity index (χ4n) is 5.17. The van der Waals surface area contributed by atoms with E-state index in [1.165, 1.54) is 32.2 Å². The summed E-state index contributed by atoms with van der Waals surface area (Å²) >= 11 is 1.52. The Morgan fingerprint density at radius 3 is 2.46 bits per heavy atom. The SMILES string of the molecule is COC(=O)c1ccc(CSC2=C(OC(C)=O)C[C@@H](O)[C@@H]2/C=C/CC(O)C2(CC(C)C)CCC2)cc1. The predicted molar refractivity (Wildman–Crippen MR) is 137 cm³/mol. The summed E-state index contributed by atoms with van der Waals surface area (Å²) in [5.74, 6) is 0.564. The lowest BCUT2D eigenvalue weighted by Crippen LogP contribution is -2.42. The number of aliphatic hydroxyl groups is 2. The summed E-state index contributed by atoms with van der Waals surface area (Å²) in [6.07, 6.45) is 8.01. The average Bonchev–Trinajstić information content (AvgIpc) is 3.07. The molecule has 3 rings (SSSR count). The molecule has 1 aromatic rings. The minimum absolute atomic E-state index is 0.0134. The van der Waals surface area contributed by atoms with E-state index in [4.69, 9.17) is 9.47 Å². The largest absolute Gasteiger partial charge is 0.465 e. The van der Waals surface area contributed by atoms with E-state index < -0.39 is 18.2 Å². The minimum atomic E-state index is -0.685. The van der Waals surface area contributed by atoms with Crippen LogP contribution in [0.2, 0.25) is 0 Å². The Morgan fingerprint density at radius 1 is 1.23 bits per heavy atom. The van der Waals surface area contributed by atoms with Gasteiger partial charge >= 0.3 is 11.9 Å². The summed E-state index contributed by atoms with van der Waals surface area (Å²) in [4.78, 5) is 24.2. The predicted octanol–water partition coefficient (Wildman–Crippen LogP) is 5.39. The summed E-state index contributed by atoms with van der Waals surface area (Å²) in [6.45, 7) is 5.76. The molecule has 0 aliphatic heterocycles. The van der Waals surface area contributed by atoms with Crippen LogP contribution in [0.3, 0.4) is 0 Å². The molecule has 0 amide bonds. The summed E-state index contributed by atoms with van der Waals surface area (Å²) in [6, 6.07) is 7.17. The van der Waals surface area contributed by atoms with Gasteiger partial charge in [0.25, 0.3) is 0 Å². The Kier molecular flexibility index (Phi) is 9.62. The van der Waals surface area contributed by atoms with E-state index >= 15 is 0 Å². The van der Waals surface area contributed by atoms with Crippen molar-refractivity contribution >= 4 is 23.7 Å². The highest BCUT2D eigenvalue weighted by atomic mass is 32.2. The highest BCUT2D eigenvalue weighted by Crippen LogP contribution is 2.50. The van der Waals surface area contributed by atoms with Crippen LogP contribution in [-0.2, 0) is 20.0 Å². The maximum Gasteiger partial charge on any atom is 0.337 e. The van der Waals surface area contributed by atoms with Gasteiger partial charge in [-0.3, -0.25) is 4.79 Å². The number of carbonyl (C=O) groups excluding carboxylic acids is 2. The van der Waals surface area contributed by atoms with E-state index in [0.29, 0.717) is 29.4 Å². The molecule has 7 heteroatoms. The van der Waals surface area contributed by atoms with Gasteiger partial charge in [0.1, 0.15) is 5.76 Å². The van der Waals surface area contributed by atoms with Gasteiger partial charge in [0.2, 0.25) is 0 Å². The standard InChI is InChI=1S/C28H38O6S/c1-18(2)16-28(13-6-14-28)25(31)8-5-7-22-23(30)15-24(34-19(3)29)26(22)35-17-20-9-11-21(12-10-20)27(32)33-4/h5,7,9-12,18,22-23,25,30-31H,6,8,13-17H2,1-4H3/b7-5+/t22-,23+,25?/m0/s1. The number of rotatable bonds is 11. The molecule has 3 atom stereocenters. The fraction of sp³-hybridized carbons (Fsp3) is 0.571. The third kappa shape index (κ3) is 6.99. The maximum atomic E-state index is 11.7. The van der Waals surface area contributed by atoms with Gasteiger partial charge in [0.15, 0.2) is 0 Å². The molecule has 192 valence electrons. The molecule has 2 N–H and O–H groups in total. The molecule has 1 saturated carbocycles. The summed E-state index contributed by atoms with van der Waals surface area (Å²) in [5, 5.41) is 21.7. The monoisotopic (exact) mass is 502 g/mol. The minimum Gasteiger partial charge on any atom is -0.465 e. The number of methoxy groups -OCH3 is 1. The van der Waals surface area contributed by atoms with Gasteiger partial charge in [-0.1, -0.05) is 44.6 Å². The van der Waals surface area contributed by atoms with Gasteiger partial charge < -0.3 is 19.7 Å². The Balaban J connectivity index is 1.70. The zero-order chi connectivity index (χ0) is 25.6. The van der Waals surface area contributed by atoms with Crippen molar-refractivity contribution in [2.75, 3.05) is 7.11 Å². The van der Waals surface area contributed by atoms with Crippen LogP contribution in [0.15, 0.2) is 47.1 Å². The number of carbonyl (C=O) groups is 2. The number of hydrogen-bond acceptors (Lipinski definition) is 7. The normalized spacial score (nSPS) is 22.4. The van der Waals surface area contributed by atoms with Crippen LogP contribution in [0, 0.1) is 17.3 Å². The molecule has 0 spiro atoms. The third-order valence-corrected chi connectivity index (χ3v) is 8.29. The van der Waals surface area contributed by atoms with E-state index in [1.54, 1.807) is 12.1 Å². The molecule has 1 aromatic carbocycles. The molecule has 1 unspecified atom stereocenters. The van der Waals surface area contributed by atoms with E-state index in [1.807, 2.05) is 24.3 Å². The van der Waals surface area contributed by atoms with Crippen LogP contribution in [0.5, 0.6) is 0 Å². The second kappa shape index (κ2) is 12.2. The first-order valence-corrected chi connectivity index (χ1v) is 13.4. The van der Waals surface area contributed by atoms with Crippen molar-refractivity contribution in [2.45, 2.75) is 77.3 Å². The Bertz CT molecular complexity index is 945. The second-order valence-corrected chi connectivity index (χ2v) is 11.2. The van der Waals surface area contributed by atoms with Crippen molar-refractivity contribution in [3.63, 3.8) is 0 Å². The molecule has 35 heavy (non-hydrogen) atoms. The van der Waals surface area contributed by atoms with Gasteiger partial charge in [-0.15, -0.1) is 11.8 Å². The highest BCUT2D eigenvalue weighted by molar-refractivity contribution is 8.02. The molecule has 2 aliphatic rings. The topological polar surface area (TPSA) is 93.1 Å². The molecule has 0 radical (unpaired) electrons. The molecular formula is C28H38O6S. The van der Waals surface area contributed by atoms with Crippen LogP contribution >= 0.6 is 11.8 Å². The van der Waals surface area contributed by atoms with Crippen molar-refractivity contribution in [3.05, 3.63) is 58.2 Å². The van der Waals surface area contributed by atoms with Crippen molar-refractivity contribution in [3.8, 4) is 0 Å². The van der Waals surface area contributed by atoms with Crippen molar-refractivity contribution in [1.82, 2.24) is 0 Å². The Morgan fingerprint density at radius 2 is 1.91 bits per heavy atom. The molecule has 0 saturated heterocycles. The van der Waals surface area contributed by atoms with Crippen LogP contribution < -0.4 is 0 Å². The Hall–Kier alpha value is -2.09. The van der Waals surface area contributed by atoms with Gasteiger partial charge in [-0.2, -0.15) is 0 Å². The number of aliphatic hydroxyl groups excluding tert-OH is 2. The van der Waals surface area contributed by atoms with Crippen molar-refractivity contribution < 1.29 is 29.3 Å². The molecule has 1 fully saturated rings. The first-order valence-electron chi connectivity index (χ1n) is 12.4. The van der Waals surface area contributed by atoms with Gasteiger partial charge in [-0.25, -0.2) is 4.79 Å². The first-order chi connectivity index (χ1) is 16.6. The lowest BCUT2D eigenvalue weighted by Gasteiger charge is -2.46. The number of esters is 2. The summed E-state index contributed by atoms with van der Waals surface area (Å²) in [5.41, 5.74) is 1.50. The van der Waals surface area contributed by atoms with Crippen LogP contribution in [0.4, 0.5) is 0 Å². The van der Waals surface area contributed by atoms with Crippen molar-refractivity contribution in [1.29, 1.82) is 0 Å². The number of hydrogen-bond donors (Lipinski definition) is 2. The van der Waals surface area contributed by atoms with Gasteiger partial charge in [-0.05, 0) is 54.7 Å². The summed E-state index contributed by atoms with van der Waals surface area (Å²) in [7, 11) is 1.35. The van der Waals surface area contributed by atoms with Gasteiger partial charge in [0, 0.05) is 29.9 Å². The molecule has 0 aromatic heterocycles. The zero-order valence-electron chi connectivity index (χ0n) is 21.2. The molecule has 2 aliphatic carbocycles. The van der Waals surface area contributed by atoms with Crippen LogP contribution in [0.1, 0.15) is 75.2 Å². The first kappa shape index (κ1) is 27.5. The number of thioether (sulfide) groups is 1. The van der Waals surface area contributed by atoms with Crippen LogP contribution in [-0.4, -0.2) is 41.5 Å². The van der Waals surface area contributed by atoms with E-state index in [0.717, 1.165) is 29.7 Å². The summed E-state index contributed by atoms with van der Waals surface area (Å²) < 4.78 is 10.2.